The summed E-state index contributed by atoms with van der Waals surface area (Å²) in [4.78, 5) is 11.9. The normalized spacial score (nSPS) is 9.85. The summed E-state index contributed by atoms with van der Waals surface area (Å²) in [7, 11) is 1.64. The molecule has 0 spiro atoms. The van der Waals surface area contributed by atoms with Crippen LogP contribution >= 0.6 is 0 Å². The Balaban J connectivity index is 2.11. The number of hydrogen-bond acceptors (Lipinski definition) is 4. The van der Waals surface area contributed by atoms with Crippen LogP contribution in [-0.2, 0) is 4.79 Å². The zero-order valence-electron chi connectivity index (χ0n) is 11.2. The van der Waals surface area contributed by atoms with Gasteiger partial charge in [-0.2, -0.15) is 0 Å². The van der Waals surface area contributed by atoms with E-state index in [0.717, 1.165) is 0 Å². The standard InChI is InChI=1S/C15H16N2O3/c1-17(10-18)11-19-14-4-2-3-5-15(14)20-13-8-6-12(16)7-9-13/h2-10H,11,16H2,1H3. The maximum Gasteiger partial charge on any atom is 0.212 e. The Bertz CT molecular complexity index is 570. The number of nitrogen functional groups attached to an aromatic ring is 1. The van der Waals surface area contributed by atoms with Crippen LogP contribution in [0.4, 0.5) is 5.69 Å². The van der Waals surface area contributed by atoms with Crippen LogP contribution < -0.4 is 15.2 Å². The summed E-state index contributed by atoms with van der Waals surface area (Å²) in [6.07, 6.45) is 0.698. The van der Waals surface area contributed by atoms with Crippen molar-refractivity contribution in [2.75, 3.05) is 19.5 Å². The van der Waals surface area contributed by atoms with Crippen molar-refractivity contribution >= 4 is 12.1 Å². The van der Waals surface area contributed by atoms with Gasteiger partial charge >= 0.3 is 0 Å². The number of carbonyl (C=O) groups is 1. The third-order valence-corrected chi connectivity index (χ3v) is 2.56. The molecule has 0 aliphatic heterocycles. The number of nitrogens with two attached hydrogens (primary N) is 1. The molecule has 5 nitrogen and oxygen atoms in total. The molecular formula is C15H16N2O3. The minimum atomic E-state index is 0.158. The molecule has 2 aromatic rings. The number of ether oxygens (including phenoxy) is 2. The van der Waals surface area contributed by atoms with E-state index in [1.807, 2.05) is 12.1 Å². The molecule has 0 saturated heterocycles. The zero-order chi connectivity index (χ0) is 14.4. The van der Waals surface area contributed by atoms with Gasteiger partial charge < -0.3 is 20.1 Å². The highest BCUT2D eigenvalue weighted by molar-refractivity contribution is 5.47. The third-order valence-electron chi connectivity index (χ3n) is 2.56. The van der Waals surface area contributed by atoms with E-state index >= 15 is 0 Å². The Morgan fingerprint density at radius 3 is 2.40 bits per heavy atom. The molecule has 0 heterocycles. The molecule has 0 bridgehead atoms. The van der Waals surface area contributed by atoms with E-state index in [2.05, 4.69) is 0 Å². The molecule has 0 aromatic heterocycles. The number of rotatable bonds is 6. The summed E-state index contributed by atoms with van der Waals surface area (Å²) in [5, 5.41) is 0. The molecule has 2 rings (SSSR count). The van der Waals surface area contributed by atoms with Crippen molar-refractivity contribution in [2.24, 2.45) is 0 Å². The number of benzene rings is 2. The topological polar surface area (TPSA) is 64.8 Å². The Hall–Kier alpha value is -2.69. The second-order valence-corrected chi connectivity index (χ2v) is 4.25. The van der Waals surface area contributed by atoms with Crippen molar-refractivity contribution in [1.29, 1.82) is 0 Å². The number of anilines is 1. The zero-order valence-corrected chi connectivity index (χ0v) is 11.2. The van der Waals surface area contributed by atoms with Crippen molar-refractivity contribution in [1.82, 2.24) is 4.90 Å². The molecule has 2 N–H and O–H groups in total. The predicted molar refractivity (Wildman–Crippen MR) is 76.7 cm³/mol. The van der Waals surface area contributed by atoms with Gasteiger partial charge in [0, 0.05) is 12.7 Å². The van der Waals surface area contributed by atoms with Crippen molar-refractivity contribution in [3.63, 3.8) is 0 Å². The molecule has 0 aliphatic rings. The number of carbonyl (C=O) groups excluding carboxylic acids is 1. The average Bonchev–Trinajstić information content (AvgIpc) is 2.48. The fourth-order valence-corrected chi connectivity index (χ4v) is 1.52. The van der Waals surface area contributed by atoms with Crippen LogP contribution in [0, 0.1) is 0 Å². The Morgan fingerprint density at radius 1 is 1.10 bits per heavy atom. The lowest BCUT2D eigenvalue weighted by molar-refractivity contribution is -0.119. The molecule has 0 atom stereocenters. The number of para-hydroxylation sites is 2. The Kier molecular flexibility index (Phi) is 4.44. The van der Waals surface area contributed by atoms with Crippen LogP contribution in [-0.4, -0.2) is 25.1 Å². The van der Waals surface area contributed by atoms with Gasteiger partial charge in [0.1, 0.15) is 5.75 Å². The second kappa shape index (κ2) is 6.47. The lowest BCUT2D eigenvalue weighted by atomic mass is 10.3. The monoisotopic (exact) mass is 272 g/mol. The Labute approximate surface area is 117 Å². The van der Waals surface area contributed by atoms with E-state index in [0.29, 0.717) is 29.3 Å². The van der Waals surface area contributed by atoms with Gasteiger partial charge in [-0.1, -0.05) is 12.1 Å². The first kappa shape index (κ1) is 13.7. The largest absolute Gasteiger partial charge is 0.469 e. The quantitative estimate of drug-likeness (QED) is 0.498. The summed E-state index contributed by atoms with van der Waals surface area (Å²) >= 11 is 0. The van der Waals surface area contributed by atoms with Crippen LogP contribution in [0.3, 0.4) is 0 Å². The van der Waals surface area contributed by atoms with E-state index in [1.54, 1.807) is 43.4 Å². The maximum absolute atomic E-state index is 10.5. The first-order valence-corrected chi connectivity index (χ1v) is 6.10. The molecule has 0 radical (unpaired) electrons. The van der Waals surface area contributed by atoms with Gasteiger partial charge in [-0.3, -0.25) is 4.79 Å². The lowest BCUT2D eigenvalue weighted by Gasteiger charge is -2.15. The molecule has 5 heteroatoms. The first-order valence-electron chi connectivity index (χ1n) is 6.10. The van der Waals surface area contributed by atoms with Crippen molar-refractivity contribution in [2.45, 2.75) is 0 Å². The van der Waals surface area contributed by atoms with Crippen LogP contribution in [0.25, 0.3) is 0 Å². The van der Waals surface area contributed by atoms with Crippen LogP contribution in [0.5, 0.6) is 17.2 Å². The summed E-state index contributed by atoms with van der Waals surface area (Å²) in [6.45, 7) is 0.158. The van der Waals surface area contributed by atoms with E-state index in [-0.39, 0.29) is 6.73 Å². The maximum atomic E-state index is 10.5. The van der Waals surface area contributed by atoms with Gasteiger partial charge in [0.05, 0.1) is 0 Å². The molecule has 0 fully saturated rings. The highest BCUT2D eigenvalue weighted by Crippen LogP contribution is 2.31. The van der Waals surface area contributed by atoms with Gasteiger partial charge in [-0.15, -0.1) is 0 Å². The number of amides is 1. The molecule has 104 valence electrons. The van der Waals surface area contributed by atoms with Gasteiger partial charge in [0.15, 0.2) is 18.2 Å². The molecule has 20 heavy (non-hydrogen) atoms. The summed E-state index contributed by atoms with van der Waals surface area (Å²) in [5.74, 6) is 1.81. The molecule has 0 aliphatic carbocycles. The van der Waals surface area contributed by atoms with E-state index in [1.165, 1.54) is 4.90 Å². The smallest absolute Gasteiger partial charge is 0.212 e. The molecule has 1 amide bonds. The van der Waals surface area contributed by atoms with E-state index in [9.17, 15) is 4.79 Å². The predicted octanol–water partition coefficient (Wildman–Crippen LogP) is 2.49. The lowest BCUT2D eigenvalue weighted by Crippen LogP contribution is -2.21. The van der Waals surface area contributed by atoms with Crippen LogP contribution in [0.1, 0.15) is 0 Å². The van der Waals surface area contributed by atoms with Crippen molar-refractivity contribution in [3.8, 4) is 17.2 Å². The van der Waals surface area contributed by atoms with Gasteiger partial charge in [-0.05, 0) is 36.4 Å². The minimum Gasteiger partial charge on any atom is -0.469 e. The van der Waals surface area contributed by atoms with Crippen LogP contribution in [0.15, 0.2) is 48.5 Å². The van der Waals surface area contributed by atoms with Crippen molar-refractivity contribution < 1.29 is 14.3 Å². The molecule has 0 saturated carbocycles. The SMILES string of the molecule is CN(C=O)COc1ccccc1Oc1ccc(N)cc1. The third kappa shape index (κ3) is 3.65. The minimum absolute atomic E-state index is 0.158. The number of nitrogens with zero attached hydrogens (tertiary/aromatic N) is 1. The average molecular weight is 272 g/mol. The molecule has 2 aromatic carbocycles. The van der Waals surface area contributed by atoms with Gasteiger partial charge in [-0.25, -0.2) is 0 Å². The molecule has 0 unspecified atom stereocenters. The fourth-order valence-electron chi connectivity index (χ4n) is 1.52. The second-order valence-electron chi connectivity index (χ2n) is 4.25. The Morgan fingerprint density at radius 2 is 1.75 bits per heavy atom. The van der Waals surface area contributed by atoms with Crippen molar-refractivity contribution in [3.05, 3.63) is 48.5 Å². The first-order chi connectivity index (χ1) is 9.69. The van der Waals surface area contributed by atoms with E-state index < -0.39 is 0 Å². The summed E-state index contributed by atoms with van der Waals surface area (Å²) in [6, 6.07) is 14.4. The highest BCUT2D eigenvalue weighted by Gasteiger charge is 2.06. The summed E-state index contributed by atoms with van der Waals surface area (Å²) < 4.78 is 11.3. The fraction of sp³-hybridized carbons (Fsp3) is 0.133. The van der Waals surface area contributed by atoms with E-state index in [4.69, 9.17) is 15.2 Å². The highest BCUT2D eigenvalue weighted by atomic mass is 16.5. The number of hydrogen-bond donors (Lipinski definition) is 1. The van der Waals surface area contributed by atoms with Gasteiger partial charge in [0.2, 0.25) is 6.41 Å². The molecular weight excluding hydrogens is 256 g/mol. The summed E-state index contributed by atoms with van der Waals surface area (Å²) in [5.41, 5.74) is 6.30. The van der Waals surface area contributed by atoms with Crippen LogP contribution in [0.2, 0.25) is 0 Å². The van der Waals surface area contributed by atoms with Gasteiger partial charge in [0.25, 0.3) is 0 Å².